The molecule has 17 heavy (non-hydrogen) atoms. The van der Waals surface area contributed by atoms with Crippen molar-refractivity contribution in [1.82, 2.24) is 0 Å². The number of rotatable bonds is 4. The number of amides is 1. The molecular weight excluding hydrogens is 224 g/mol. The zero-order valence-electron chi connectivity index (χ0n) is 9.60. The lowest BCUT2D eigenvalue weighted by molar-refractivity contribution is -0.125. The molecule has 0 spiro atoms. The SMILES string of the molecule is COc1ccc(N)cc1C(=O)OC(C)C(N)=O. The van der Waals surface area contributed by atoms with Crippen molar-refractivity contribution >= 4 is 17.6 Å². The van der Waals surface area contributed by atoms with Crippen LogP contribution in [0.5, 0.6) is 5.75 Å². The molecule has 0 bridgehead atoms. The largest absolute Gasteiger partial charge is 0.496 e. The lowest BCUT2D eigenvalue weighted by atomic mass is 10.2. The van der Waals surface area contributed by atoms with Crippen LogP contribution in [0.15, 0.2) is 18.2 Å². The summed E-state index contributed by atoms with van der Waals surface area (Å²) in [7, 11) is 1.42. The Morgan fingerprint density at radius 2 is 2.00 bits per heavy atom. The Labute approximate surface area is 98.5 Å². The molecule has 4 N–H and O–H groups in total. The minimum Gasteiger partial charge on any atom is -0.496 e. The Hall–Kier alpha value is -2.24. The van der Waals surface area contributed by atoms with E-state index in [2.05, 4.69) is 0 Å². The van der Waals surface area contributed by atoms with Crippen LogP contribution in [0.2, 0.25) is 0 Å². The number of nitrogen functional groups attached to an aromatic ring is 1. The van der Waals surface area contributed by atoms with Crippen LogP contribution in [-0.4, -0.2) is 25.1 Å². The fourth-order valence-electron chi connectivity index (χ4n) is 1.17. The van der Waals surface area contributed by atoms with Gasteiger partial charge in [-0.25, -0.2) is 4.79 Å². The third kappa shape index (κ3) is 3.10. The highest BCUT2D eigenvalue weighted by molar-refractivity contribution is 5.95. The van der Waals surface area contributed by atoms with E-state index in [-0.39, 0.29) is 5.56 Å². The second kappa shape index (κ2) is 5.20. The van der Waals surface area contributed by atoms with Crippen molar-refractivity contribution in [2.24, 2.45) is 5.73 Å². The Balaban J connectivity index is 2.95. The molecule has 0 aliphatic heterocycles. The first kappa shape index (κ1) is 12.8. The predicted molar refractivity (Wildman–Crippen MR) is 61.5 cm³/mol. The van der Waals surface area contributed by atoms with Crippen molar-refractivity contribution in [3.63, 3.8) is 0 Å². The molecule has 0 aromatic heterocycles. The molecule has 0 fully saturated rings. The van der Waals surface area contributed by atoms with Crippen molar-refractivity contribution in [2.45, 2.75) is 13.0 Å². The summed E-state index contributed by atoms with van der Waals surface area (Å²) in [6, 6.07) is 4.54. The molecule has 1 unspecified atom stereocenters. The summed E-state index contributed by atoms with van der Waals surface area (Å²) in [6.45, 7) is 1.39. The van der Waals surface area contributed by atoms with Gasteiger partial charge < -0.3 is 20.9 Å². The van der Waals surface area contributed by atoms with Gasteiger partial charge in [-0.2, -0.15) is 0 Å². The number of anilines is 1. The molecule has 1 aromatic rings. The van der Waals surface area contributed by atoms with Crippen molar-refractivity contribution in [1.29, 1.82) is 0 Å². The molecule has 0 saturated carbocycles. The van der Waals surface area contributed by atoms with Gasteiger partial charge in [-0.1, -0.05) is 0 Å². The Kier molecular flexibility index (Phi) is 3.92. The van der Waals surface area contributed by atoms with Crippen LogP contribution in [0.4, 0.5) is 5.69 Å². The summed E-state index contributed by atoms with van der Waals surface area (Å²) in [4.78, 5) is 22.5. The summed E-state index contributed by atoms with van der Waals surface area (Å²) in [5.74, 6) is -1.11. The van der Waals surface area contributed by atoms with Crippen LogP contribution < -0.4 is 16.2 Å². The van der Waals surface area contributed by atoms with E-state index in [1.165, 1.54) is 20.1 Å². The van der Waals surface area contributed by atoms with Gasteiger partial charge >= 0.3 is 5.97 Å². The number of methoxy groups -OCH3 is 1. The Bertz CT molecular complexity index is 445. The second-order valence-electron chi connectivity index (χ2n) is 3.41. The lowest BCUT2D eigenvalue weighted by Crippen LogP contribution is -2.30. The van der Waals surface area contributed by atoms with E-state index in [1.54, 1.807) is 12.1 Å². The number of esters is 1. The van der Waals surface area contributed by atoms with Gasteiger partial charge in [0.25, 0.3) is 5.91 Å². The van der Waals surface area contributed by atoms with Gasteiger partial charge in [0, 0.05) is 5.69 Å². The third-order valence-electron chi connectivity index (χ3n) is 2.13. The van der Waals surface area contributed by atoms with E-state index in [0.29, 0.717) is 11.4 Å². The van der Waals surface area contributed by atoms with Gasteiger partial charge in [0.2, 0.25) is 0 Å². The number of benzene rings is 1. The number of nitrogens with two attached hydrogens (primary N) is 2. The van der Waals surface area contributed by atoms with Crippen LogP contribution in [0, 0.1) is 0 Å². The smallest absolute Gasteiger partial charge is 0.342 e. The molecule has 1 atom stereocenters. The van der Waals surface area contributed by atoms with Crippen LogP contribution in [0.1, 0.15) is 17.3 Å². The maximum atomic E-state index is 11.7. The Morgan fingerprint density at radius 1 is 1.35 bits per heavy atom. The van der Waals surface area contributed by atoms with Crippen molar-refractivity contribution < 1.29 is 19.1 Å². The zero-order chi connectivity index (χ0) is 13.0. The quantitative estimate of drug-likeness (QED) is 0.580. The zero-order valence-corrected chi connectivity index (χ0v) is 9.60. The predicted octanol–water partition coefficient (Wildman–Crippen LogP) is 0.308. The number of primary amides is 1. The maximum Gasteiger partial charge on any atom is 0.342 e. The molecule has 0 heterocycles. The minimum atomic E-state index is -1.01. The van der Waals surface area contributed by atoms with Gasteiger partial charge in [0.15, 0.2) is 6.10 Å². The van der Waals surface area contributed by atoms with Crippen LogP contribution in [0.3, 0.4) is 0 Å². The number of ether oxygens (including phenoxy) is 2. The number of hydrogen-bond acceptors (Lipinski definition) is 5. The standard InChI is InChI=1S/C11H14N2O4/c1-6(10(13)14)17-11(15)8-5-7(12)3-4-9(8)16-2/h3-6H,12H2,1-2H3,(H2,13,14). The van der Waals surface area contributed by atoms with Gasteiger partial charge in [0.1, 0.15) is 11.3 Å². The van der Waals surface area contributed by atoms with Crippen LogP contribution >= 0.6 is 0 Å². The molecule has 6 nitrogen and oxygen atoms in total. The van der Waals surface area contributed by atoms with E-state index >= 15 is 0 Å². The van der Waals surface area contributed by atoms with E-state index in [0.717, 1.165) is 0 Å². The average molecular weight is 238 g/mol. The molecular formula is C11H14N2O4. The Morgan fingerprint density at radius 3 is 2.53 bits per heavy atom. The van der Waals surface area contributed by atoms with Gasteiger partial charge in [-0.15, -0.1) is 0 Å². The number of carbonyl (C=O) groups is 2. The topological polar surface area (TPSA) is 105 Å². The molecule has 1 rings (SSSR count). The molecule has 0 aliphatic rings. The molecule has 1 aromatic carbocycles. The number of hydrogen-bond donors (Lipinski definition) is 2. The van der Waals surface area contributed by atoms with Crippen molar-refractivity contribution in [3.05, 3.63) is 23.8 Å². The lowest BCUT2D eigenvalue weighted by Gasteiger charge is -2.12. The normalized spacial score (nSPS) is 11.6. The van der Waals surface area contributed by atoms with Crippen molar-refractivity contribution in [3.8, 4) is 5.75 Å². The van der Waals surface area contributed by atoms with Gasteiger partial charge in [0.05, 0.1) is 7.11 Å². The van der Waals surface area contributed by atoms with E-state index in [1.807, 2.05) is 0 Å². The fraction of sp³-hybridized carbons (Fsp3) is 0.273. The summed E-state index contributed by atoms with van der Waals surface area (Å²) in [5, 5.41) is 0. The third-order valence-corrected chi connectivity index (χ3v) is 2.13. The summed E-state index contributed by atoms with van der Waals surface area (Å²) < 4.78 is 9.84. The fourth-order valence-corrected chi connectivity index (χ4v) is 1.17. The highest BCUT2D eigenvalue weighted by Crippen LogP contribution is 2.22. The molecule has 1 amide bonds. The van der Waals surface area contributed by atoms with Crippen molar-refractivity contribution in [2.75, 3.05) is 12.8 Å². The van der Waals surface area contributed by atoms with E-state index < -0.39 is 18.0 Å². The molecule has 0 radical (unpaired) electrons. The highest BCUT2D eigenvalue weighted by Gasteiger charge is 2.19. The summed E-state index contributed by atoms with van der Waals surface area (Å²) >= 11 is 0. The monoisotopic (exact) mass is 238 g/mol. The average Bonchev–Trinajstić information content (AvgIpc) is 2.28. The van der Waals surface area contributed by atoms with Gasteiger partial charge in [-0.05, 0) is 25.1 Å². The highest BCUT2D eigenvalue weighted by atomic mass is 16.5. The molecule has 0 saturated heterocycles. The minimum absolute atomic E-state index is 0.153. The van der Waals surface area contributed by atoms with E-state index in [9.17, 15) is 9.59 Å². The summed E-state index contributed by atoms with van der Waals surface area (Å²) in [5.41, 5.74) is 11.1. The maximum absolute atomic E-state index is 11.7. The first-order chi connectivity index (χ1) is 7.95. The first-order valence-electron chi connectivity index (χ1n) is 4.89. The molecule has 0 aliphatic carbocycles. The first-order valence-corrected chi connectivity index (χ1v) is 4.89. The second-order valence-corrected chi connectivity index (χ2v) is 3.41. The van der Waals surface area contributed by atoms with Crippen LogP contribution in [0.25, 0.3) is 0 Å². The molecule has 6 heteroatoms. The molecule has 92 valence electrons. The van der Waals surface area contributed by atoms with E-state index in [4.69, 9.17) is 20.9 Å². The van der Waals surface area contributed by atoms with Gasteiger partial charge in [-0.3, -0.25) is 4.79 Å². The van der Waals surface area contributed by atoms with Crippen LogP contribution in [-0.2, 0) is 9.53 Å². The summed E-state index contributed by atoms with van der Waals surface area (Å²) in [6.07, 6.45) is -1.01. The number of carbonyl (C=O) groups excluding carboxylic acids is 2.